The topological polar surface area (TPSA) is 62.2 Å². The first-order valence-electron chi connectivity index (χ1n) is 8.99. The van der Waals surface area contributed by atoms with E-state index in [0.29, 0.717) is 11.5 Å². The van der Waals surface area contributed by atoms with E-state index in [0.717, 1.165) is 30.5 Å². The van der Waals surface area contributed by atoms with Crippen LogP contribution in [0, 0.1) is 0 Å². The zero-order chi connectivity index (χ0) is 19.3. The van der Waals surface area contributed by atoms with E-state index in [1.54, 1.807) is 25.3 Å². The Balaban J connectivity index is 0.00000117. The molecule has 2 aromatic rings. The Labute approximate surface area is 155 Å². The van der Waals surface area contributed by atoms with E-state index >= 15 is 0 Å². The Kier molecular flexibility index (Phi) is 6.75. The van der Waals surface area contributed by atoms with Gasteiger partial charge in [0.05, 0.1) is 14.2 Å². The molecule has 142 valence electrons. The predicted molar refractivity (Wildman–Crippen MR) is 103 cm³/mol. The molecule has 0 spiro atoms. The molecule has 0 fully saturated rings. The lowest BCUT2D eigenvalue weighted by Gasteiger charge is -2.35. The Morgan fingerprint density at radius 2 is 1.65 bits per heavy atom. The van der Waals surface area contributed by atoms with Gasteiger partial charge in [0, 0.05) is 12.6 Å². The summed E-state index contributed by atoms with van der Waals surface area (Å²) in [5.41, 5.74) is 3.33. The Morgan fingerprint density at radius 1 is 1.00 bits per heavy atom. The van der Waals surface area contributed by atoms with Gasteiger partial charge in [0.1, 0.15) is 0 Å². The third kappa shape index (κ3) is 4.05. The van der Waals surface area contributed by atoms with Crippen LogP contribution in [0.1, 0.15) is 36.6 Å². The van der Waals surface area contributed by atoms with Gasteiger partial charge in [-0.2, -0.15) is 0 Å². The lowest BCUT2D eigenvalue weighted by Crippen LogP contribution is -2.33. The molecule has 2 N–H and O–H groups in total. The lowest BCUT2D eigenvalue weighted by atomic mass is 9.88. The maximum atomic E-state index is 10.1. The number of hydrogen-bond donors (Lipinski definition) is 2. The fraction of sp³-hybridized carbons (Fsp3) is 0.429. The van der Waals surface area contributed by atoms with Crippen molar-refractivity contribution in [3.8, 4) is 23.0 Å². The standard InChI is InChI=1S/C19H23NO4.C2H6/c1-20-7-6-13-10-19(24-3)17(22)11-14(13)15(20)8-12-4-5-18(23-2)16(21)9-12;1-2/h4-5,9-11,15,21-22H,6-8H2,1-3H3;1-2H3/t15-;/m1./s1. The first kappa shape index (κ1) is 19.9. The number of benzene rings is 2. The molecule has 1 aliphatic heterocycles. The highest BCUT2D eigenvalue weighted by Gasteiger charge is 2.27. The average molecular weight is 359 g/mol. The molecule has 0 bridgehead atoms. The second-order valence-corrected chi connectivity index (χ2v) is 6.18. The molecule has 0 saturated carbocycles. The summed E-state index contributed by atoms with van der Waals surface area (Å²) in [5.74, 6) is 1.29. The number of nitrogens with zero attached hydrogens (tertiary/aromatic N) is 1. The molecule has 0 aromatic heterocycles. The molecular weight excluding hydrogens is 330 g/mol. The van der Waals surface area contributed by atoms with Crippen molar-refractivity contribution in [3.05, 3.63) is 47.0 Å². The van der Waals surface area contributed by atoms with Gasteiger partial charge in [0.15, 0.2) is 23.0 Å². The number of phenolic OH excluding ortho intramolecular Hbond substituents is 2. The molecule has 1 heterocycles. The van der Waals surface area contributed by atoms with Crippen molar-refractivity contribution in [2.45, 2.75) is 32.7 Å². The van der Waals surface area contributed by atoms with Crippen LogP contribution in [-0.4, -0.2) is 42.9 Å². The van der Waals surface area contributed by atoms with Gasteiger partial charge in [-0.3, -0.25) is 4.90 Å². The minimum atomic E-state index is 0.137. The van der Waals surface area contributed by atoms with Crippen LogP contribution in [0.3, 0.4) is 0 Å². The van der Waals surface area contributed by atoms with Crippen LogP contribution < -0.4 is 9.47 Å². The number of ether oxygens (including phenoxy) is 2. The van der Waals surface area contributed by atoms with E-state index in [1.807, 2.05) is 26.0 Å². The summed E-state index contributed by atoms with van der Waals surface area (Å²) < 4.78 is 10.3. The van der Waals surface area contributed by atoms with Crippen molar-refractivity contribution >= 4 is 0 Å². The first-order chi connectivity index (χ1) is 12.5. The van der Waals surface area contributed by atoms with E-state index in [1.165, 1.54) is 12.7 Å². The molecule has 1 atom stereocenters. The van der Waals surface area contributed by atoms with Crippen LogP contribution >= 0.6 is 0 Å². The van der Waals surface area contributed by atoms with Crippen molar-refractivity contribution in [2.24, 2.45) is 0 Å². The van der Waals surface area contributed by atoms with Crippen LogP contribution in [0.5, 0.6) is 23.0 Å². The monoisotopic (exact) mass is 359 g/mol. The normalized spacial score (nSPS) is 16.3. The van der Waals surface area contributed by atoms with Gasteiger partial charge in [-0.25, -0.2) is 0 Å². The smallest absolute Gasteiger partial charge is 0.160 e. The van der Waals surface area contributed by atoms with Crippen molar-refractivity contribution in [1.82, 2.24) is 4.90 Å². The average Bonchev–Trinajstić information content (AvgIpc) is 2.65. The molecule has 0 radical (unpaired) electrons. The van der Waals surface area contributed by atoms with Crippen LogP contribution in [0.4, 0.5) is 0 Å². The molecule has 5 heteroatoms. The van der Waals surface area contributed by atoms with Gasteiger partial charge in [0.25, 0.3) is 0 Å². The number of phenols is 2. The fourth-order valence-electron chi connectivity index (χ4n) is 3.36. The molecule has 5 nitrogen and oxygen atoms in total. The largest absolute Gasteiger partial charge is 0.504 e. The maximum absolute atomic E-state index is 10.1. The highest BCUT2D eigenvalue weighted by atomic mass is 16.5. The third-order valence-corrected chi connectivity index (χ3v) is 4.74. The zero-order valence-corrected chi connectivity index (χ0v) is 16.2. The SMILES string of the molecule is CC.COc1ccc(C[C@@H]2c3cc(O)c(OC)cc3CCN2C)cc1O. The summed E-state index contributed by atoms with van der Waals surface area (Å²) in [4.78, 5) is 2.27. The second-order valence-electron chi connectivity index (χ2n) is 6.18. The number of fused-ring (bicyclic) bond motifs is 1. The highest BCUT2D eigenvalue weighted by molar-refractivity contribution is 5.49. The van der Waals surface area contributed by atoms with E-state index < -0.39 is 0 Å². The highest BCUT2D eigenvalue weighted by Crippen LogP contribution is 2.39. The molecule has 2 aromatic carbocycles. The number of hydrogen-bond acceptors (Lipinski definition) is 5. The number of rotatable bonds is 4. The van der Waals surface area contributed by atoms with E-state index in [9.17, 15) is 10.2 Å². The summed E-state index contributed by atoms with van der Waals surface area (Å²) in [6.45, 7) is 4.94. The Bertz CT molecular complexity index is 745. The van der Waals surface area contributed by atoms with E-state index in [4.69, 9.17) is 9.47 Å². The molecule has 0 unspecified atom stereocenters. The summed E-state index contributed by atoms with van der Waals surface area (Å²) >= 11 is 0. The summed E-state index contributed by atoms with van der Waals surface area (Å²) in [5, 5.41) is 20.1. The van der Waals surface area contributed by atoms with Gasteiger partial charge < -0.3 is 19.7 Å². The predicted octanol–water partition coefficient (Wildman–Crippen LogP) is 3.91. The van der Waals surface area contributed by atoms with E-state index in [2.05, 4.69) is 11.9 Å². The summed E-state index contributed by atoms with van der Waals surface area (Å²) in [7, 11) is 5.18. The minimum Gasteiger partial charge on any atom is -0.504 e. The van der Waals surface area contributed by atoms with Crippen molar-refractivity contribution in [3.63, 3.8) is 0 Å². The minimum absolute atomic E-state index is 0.137. The van der Waals surface area contributed by atoms with Crippen molar-refractivity contribution in [1.29, 1.82) is 0 Å². The molecule has 26 heavy (non-hydrogen) atoms. The Hall–Kier alpha value is -2.40. The number of aromatic hydroxyl groups is 2. The Morgan fingerprint density at radius 3 is 2.27 bits per heavy atom. The number of likely N-dealkylation sites (N-methyl/N-ethyl adjacent to an activating group) is 1. The molecule has 0 saturated heterocycles. The summed E-state index contributed by atoms with van der Waals surface area (Å²) in [6.07, 6.45) is 1.67. The number of methoxy groups -OCH3 is 2. The van der Waals surface area contributed by atoms with Gasteiger partial charge in [-0.15, -0.1) is 0 Å². The lowest BCUT2D eigenvalue weighted by molar-refractivity contribution is 0.228. The molecule has 1 aliphatic rings. The first-order valence-corrected chi connectivity index (χ1v) is 8.99. The van der Waals surface area contributed by atoms with Crippen LogP contribution in [0.15, 0.2) is 30.3 Å². The second kappa shape index (κ2) is 8.81. The van der Waals surface area contributed by atoms with Gasteiger partial charge in [-0.05, 0) is 60.8 Å². The van der Waals surface area contributed by atoms with Crippen LogP contribution in [0.2, 0.25) is 0 Å². The van der Waals surface area contributed by atoms with Gasteiger partial charge >= 0.3 is 0 Å². The van der Waals surface area contributed by atoms with Gasteiger partial charge in [0.2, 0.25) is 0 Å². The van der Waals surface area contributed by atoms with Crippen LogP contribution in [0.25, 0.3) is 0 Å². The van der Waals surface area contributed by atoms with Gasteiger partial charge in [-0.1, -0.05) is 19.9 Å². The molecular formula is C21H29NO4. The zero-order valence-electron chi connectivity index (χ0n) is 16.2. The quantitative estimate of drug-likeness (QED) is 0.866. The fourth-order valence-corrected chi connectivity index (χ4v) is 3.36. The third-order valence-electron chi connectivity index (χ3n) is 4.74. The molecule has 0 aliphatic carbocycles. The maximum Gasteiger partial charge on any atom is 0.160 e. The summed E-state index contributed by atoms with van der Waals surface area (Å²) in [6, 6.07) is 9.35. The molecule has 0 amide bonds. The van der Waals surface area contributed by atoms with Crippen molar-refractivity contribution < 1.29 is 19.7 Å². The van der Waals surface area contributed by atoms with Crippen molar-refractivity contribution in [2.75, 3.05) is 27.8 Å². The molecule has 3 rings (SSSR count). The van der Waals surface area contributed by atoms with E-state index in [-0.39, 0.29) is 17.5 Å². The van der Waals surface area contributed by atoms with Crippen LogP contribution in [-0.2, 0) is 12.8 Å².